The number of rotatable bonds is 13. The second-order valence-corrected chi connectivity index (χ2v) is 6.32. The fraction of sp³-hybridized carbons (Fsp3) is 0.842. The Kier molecular flexibility index (Phi) is 10.4. The standard InChI is InChI=1S/C19H37N5/c1-6-11-14-17-20-18(23(9-4)15-12-7-2)22-19(21-17)24(10-5)16-13-8-3/h6-16H2,1-5H3. The van der Waals surface area contributed by atoms with Gasteiger partial charge in [-0.25, -0.2) is 0 Å². The molecular formula is C19H37N5. The second-order valence-electron chi connectivity index (χ2n) is 6.32. The van der Waals surface area contributed by atoms with Gasteiger partial charge < -0.3 is 9.80 Å². The summed E-state index contributed by atoms with van der Waals surface area (Å²) in [6.07, 6.45) is 7.96. The smallest absolute Gasteiger partial charge is 0.230 e. The number of hydrogen-bond acceptors (Lipinski definition) is 5. The summed E-state index contributed by atoms with van der Waals surface area (Å²) in [5.74, 6) is 2.66. The third-order valence-corrected chi connectivity index (χ3v) is 4.30. The summed E-state index contributed by atoms with van der Waals surface area (Å²) in [4.78, 5) is 18.9. The Morgan fingerprint density at radius 1 is 0.625 bits per heavy atom. The Labute approximate surface area is 148 Å². The van der Waals surface area contributed by atoms with Crippen molar-refractivity contribution >= 4 is 11.9 Å². The van der Waals surface area contributed by atoms with Crippen LogP contribution in [0.2, 0.25) is 0 Å². The fourth-order valence-corrected chi connectivity index (χ4v) is 2.62. The van der Waals surface area contributed by atoms with Crippen molar-refractivity contribution in [1.29, 1.82) is 0 Å². The third-order valence-electron chi connectivity index (χ3n) is 4.30. The van der Waals surface area contributed by atoms with Gasteiger partial charge in [0.25, 0.3) is 0 Å². The van der Waals surface area contributed by atoms with E-state index in [1.807, 2.05) is 0 Å². The second kappa shape index (κ2) is 12.0. The van der Waals surface area contributed by atoms with Crippen molar-refractivity contribution in [2.24, 2.45) is 0 Å². The molecule has 138 valence electrons. The zero-order valence-corrected chi connectivity index (χ0v) is 16.5. The molecule has 0 radical (unpaired) electrons. The van der Waals surface area contributed by atoms with E-state index in [4.69, 9.17) is 15.0 Å². The Balaban J connectivity index is 3.09. The maximum atomic E-state index is 4.82. The number of hydrogen-bond donors (Lipinski definition) is 0. The monoisotopic (exact) mass is 335 g/mol. The zero-order chi connectivity index (χ0) is 17.8. The first-order chi connectivity index (χ1) is 11.7. The zero-order valence-electron chi connectivity index (χ0n) is 16.5. The summed E-state index contributed by atoms with van der Waals surface area (Å²) >= 11 is 0. The Morgan fingerprint density at radius 2 is 1.08 bits per heavy atom. The molecule has 0 aliphatic carbocycles. The first-order valence-electron chi connectivity index (χ1n) is 9.94. The quantitative estimate of drug-likeness (QED) is 0.532. The topological polar surface area (TPSA) is 45.2 Å². The van der Waals surface area contributed by atoms with Crippen LogP contribution in [0.1, 0.15) is 79.0 Å². The maximum absolute atomic E-state index is 4.82. The molecule has 5 nitrogen and oxygen atoms in total. The highest BCUT2D eigenvalue weighted by Gasteiger charge is 2.15. The summed E-state index contributed by atoms with van der Waals surface area (Å²) in [6, 6.07) is 0. The van der Waals surface area contributed by atoms with Gasteiger partial charge in [-0.2, -0.15) is 15.0 Å². The van der Waals surface area contributed by atoms with Crippen molar-refractivity contribution in [3.63, 3.8) is 0 Å². The van der Waals surface area contributed by atoms with Crippen molar-refractivity contribution in [1.82, 2.24) is 15.0 Å². The molecule has 0 aromatic carbocycles. The largest absolute Gasteiger partial charge is 0.341 e. The summed E-state index contributed by atoms with van der Waals surface area (Å²) in [7, 11) is 0. The van der Waals surface area contributed by atoms with Crippen LogP contribution in [0.25, 0.3) is 0 Å². The van der Waals surface area contributed by atoms with E-state index in [0.29, 0.717) is 0 Å². The molecule has 0 unspecified atom stereocenters. The summed E-state index contributed by atoms with van der Waals surface area (Å²) in [5.41, 5.74) is 0. The number of aromatic nitrogens is 3. The Hall–Kier alpha value is -1.39. The predicted octanol–water partition coefficient (Wildman–Crippen LogP) is 4.47. The van der Waals surface area contributed by atoms with Gasteiger partial charge in [-0.05, 0) is 33.1 Å². The predicted molar refractivity (Wildman–Crippen MR) is 104 cm³/mol. The molecule has 0 spiro atoms. The van der Waals surface area contributed by atoms with E-state index in [9.17, 15) is 0 Å². The molecule has 5 heteroatoms. The third kappa shape index (κ3) is 6.62. The first kappa shape index (κ1) is 20.7. The molecule has 1 aromatic heterocycles. The van der Waals surface area contributed by atoms with Gasteiger partial charge in [-0.15, -0.1) is 0 Å². The molecule has 0 aliphatic heterocycles. The van der Waals surface area contributed by atoms with E-state index in [-0.39, 0.29) is 0 Å². The van der Waals surface area contributed by atoms with Crippen LogP contribution in [0.15, 0.2) is 0 Å². The van der Waals surface area contributed by atoms with Gasteiger partial charge in [0, 0.05) is 32.6 Å². The lowest BCUT2D eigenvalue weighted by Gasteiger charge is -2.25. The van der Waals surface area contributed by atoms with Gasteiger partial charge in [-0.1, -0.05) is 40.0 Å². The van der Waals surface area contributed by atoms with Crippen LogP contribution >= 0.6 is 0 Å². The normalized spacial score (nSPS) is 10.9. The van der Waals surface area contributed by atoms with Crippen LogP contribution in [0.4, 0.5) is 11.9 Å². The molecule has 0 fully saturated rings. The average Bonchev–Trinajstić information content (AvgIpc) is 2.61. The molecule has 24 heavy (non-hydrogen) atoms. The fourth-order valence-electron chi connectivity index (χ4n) is 2.62. The van der Waals surface area contributed by atoms with Crippen molar-refractivity contribution < 1.29 is 0 Å². The summed E-state index contributed by atoms with van der Waals surface area (Å²) in [5, 5.41) is 0. The Morgan fingerprint density at radius 3 is 1.46 bits per heavy atom. The molecule has 0 bridgehead atoms. The molecule has 0 saturated carbocycles. The van der Waals surface area contributed by atoms with E-state index in [1.165, 1.54) is 25.7 Å². The van der Waals surface area contributed by atoms with Crippen molar-refractivity contribution in [3.8, 4) is 0 Å². The van der Waals surface area contributed by atoms with Crippen LogP contribution in [-0.2, 0) is 6.42 Å². The van der Waals surface area contributed by atoms with E-state index in [0.717, 1.165) is 63.2 Å². The number of unbranched alkanes of at least 4 members (excludes halogenated alkanes) is 3. The highest BCUT2D eigenvalue weighted by Crippen LogP contribution is 2.17. The summed E-state index contributed by atoms with van der Waals surface area (Å²) < 4.78 is 0. The number of anilines is 2. The maximum Gasteiger partial charge on any atom is 0.230 e. The van der Waals surface area contributed by atoms with Crippen LogP contribution in [0, 0.1) is 0 Å². The lowest BCUT2D eigenvalue weighted by molar-refractivity contribution is 0.672. The lowest BCUT2D eigenvalue weighted by Crippen LogP contribution is -2.30. The van der Waals surface area contributed by atoms with Gasteiger partial charge in [0.05, 0.1) is 0 Å². The minimum atomic E-state index is 0.858. The highest BCUT2D eigenvalue weighted by molar-refractivity contribution is 5.39. The lowest BCUT2D eigenvalue weighted by atomic mass is 10.2. The molecular weight excluding hydrogens is 298 g/mol. The van der Waals surface area contributed by atoms with Gasteiger partial charge in [0.15, 0.2) is 0 Å². The number of nitrogens with zero attached hydrogens (tertiary/aromatic N) is 5. The van der Waals surface area contributed by atoms with Gasteiger partial charge in [0.1, 0.15) is 5.82 Å². The summed E-state index contributed by atoms with van der Waals surface area (Å²) in [6.45, 7) is 14.9. The van der Waals surface area contributed by atoms with Crippen molar-refractivity contribution in [2.45, 2.75) is 79.6 Å². The Bertz CT molecular complexity index is 415. The van der Waals surface area contributed by atoms with Gasteiger partial charge >= 0.3 is 0 Å². The minimum Gasteiger partial charge on any atom is -0.341 e. The number of aryl methyl sites for hydroxylation is 1. The molecule has 0 amide bonds. The SMILES string of the molecule is CCCCc1nc(N(CC)CCCC)nc(N(CC)CCCC)n1. The van der Waals surface area contributed by atoms with Gasteiger partial charge in [-0.3, -0.25) is 0 Å². The average molecular weight is 336 g/mol. The minimum absolute atomic E-state index is 0.858. The van der Waals surface area contributed by atoms with Crippen LogP contribution in [-0.4, -0.2) is 41.1 Å². The highest BCUT2D eigenvalue weighted by atomic mass is 15.3. The molecule has 1 aromatic rings. The van der Waals surface area contributed by atoms with Crippen LogP contribution < -0.4 is 9.80 Å². The van der Waals surface area contributed by atoms with Crippen LogP contribution in [0.5, 0.6) is 0 Å². The van der Waals surface area contributed by atoms with Crippen molar-refractivity contribution in [3.05, 3.63) is 5.82 Å². The van der Waals surface area contributed by atoms with E-state index < -0.39 is 0 Å². The molecule has 1 heterocycles. The molecule has 0 saturated heterocycles. The van der Waals surface area contributed by atoms with E-state index in [2.05, 4.69) is 44.4 Å². The van der Waals surface area contributed by atoms with Gasteiger partial charge in [0.2, 0.25) is 11.9 Å². The van der Waals surface area contributed by atoms with Crippen molar-refractivity contribution in [2.75, 3.05) is 36.0 Å². The van der Waals surface area contributed by atoms with E-state index in [1.54, 1.807) is 0 Å². The molecule has 0 atom stereocenters. The first-order valence-corrected chi connectivity index (χ1v) is 9.94. The van der Waals surface area contributed by atoms with Crippen LogP contribution in [0.3, 0.4) is 0 Å². The molecule has 0 N–H and O–H groups in total. The molecule has 1 rings (SSSR count). The van der Waals surface area contributed by atoms with E-state index >= 15 is 0 Å². The molecule has 0 aliphatic rings.